The van der Waals surface area contributed by atoms with Crippen molar-refractivity contribution in [3.8, 4) is 0 Å². The van der Waals surface area contributed by atoms with Crippen LogP contribution < -0.4 is 5.32 Å². The maximum Gasteiger partial charge on any atom is 0.274 e. The van der Waals surface area contributed by atoms with E-state index in [1.807, 2.05) is 0 Å². The summed E-state index contributed by atoms with van der Waals surface area (Å²) in [4.78, 5) is 28.9. The van der Waals surface area contributed by atoms with Gasteiger partial charge in [-0.3, -0.25) is 9.59 Å². The summed E-state index contributed by atoms with van der Waals surface area (Å²) in [7, 11) is 1.42. The van der Waals surface area contributed by atoms with E-state index >= 15 is 0 Å². The third kappa shape index (κ3) is 9.42. The number of methoxy groups -OCH3 is 1. The van der Waals surface area contributed by atoms with Crippen molar-refractivity contribution < 1.29 is 19.1 Å². The molecule has 206 valence electrons. The molecule has 0 heterocycles. The fraction of sp³-hybridized carbons (Fsp3) is 0.115. The first-order chi connectivity index (χ1) is 19.2. The molecule has 3 rings (SSSR count). The molecule has 0 spiro atoms. The minimum atomic E-state index is -1.37. The molecule has 1 amide bonds. The lowest BCUT2D eigenvalue weighted by molar-refractivity contribution is -0.126. The lowest BCUT2D eigenvalue weighted by atomic mass is 10.2. The Labute approximate surface area is 249 Å². The maximum atomic E-state index is 12.7. The molecule has 3 aromatic carbocycles. The highest BCUT2D eigenvalue weighted by Gasteiger charge is 2.23. The molecule has 0 aliphatic rings. The molecule has 0 aromatic heterocycles. The molecule has 40 heavy (non-hydrogen) atoms. The Morgan fingerprint density at radius 2 is 1.48 bits per heavy atom. The number of nitrogens with zero attached hydrogens (tertiary/aromatic N) is 5. The zero-order chi connectivity index (χ0) is 29.1. The Bertz CT molecular complexity index is 1490. The molecule has 0 saturated heterocycles. The number of anilines is 1. The van der Waals surface area contributed by atoms with Gasteiger partial charge < -0.3 is 14.8 Å². The number of azo groups is 2. The van der Waals surface area contributed by atoms with Crippen LogP contribution >= 0.6 is 46.4 Å². The molecule has 0 bridgehead atoms. The summed E-state index contributed by atoms with van der Waals surface area (Å²) in [6.07, 6.45) is 2.36. The molecule has 14 heteroatoms. The second-order valence-corrected chi connectivity index (χ2v) is 9.39. The molecule has 3 aromatic rings. The van der Waals surface area contributed by atoms with E-state index in [0.717, 1.165) is 6.40 Å². The van der Waals surface area contributed by atoms with Gasteiger partial charge in [0.2, 0.25) is 6.04 Å². The number of rotatable bonds is 11. The molecule has 0 aliphatic heterocycles. The molecular formula is C26H20Cl4N6O4. The van der Waals surface area contributed by atoms with Crippen LogP contribution in [0, 0.1) is 0 Å². The Hall–Kier alpha value is -3.83. The Kier molecular flexibility index (Phi) is 11.6. The molecule has 10 nitrogen and oxygen atoms in total. The highest BCUT2D eigenvalue weighted by Crippen LogP contribution is 2.29. The van der Waals surface area contributed by atoms with Crippen molar-refractivity contribution in [3.63, 3.8) is 0 Å². The Balaban J connectivity index is 1.61. The van der Waals surface area contributed by atoms with Gasteiger partial charge in [0.1, 0.15) is 17.6 Å². The van der Waals surface area contributed by atoms with E-state index in [2.05, 4.69) is 30.8 Å². The number of amides is 1. The first-order valence-electron chi connectivity index (χ1n) is 11.2. The number of benzene rings is 3. The normalized spacial score (nSPS) is 12.7. The lowest BCUT2D eigenvalue weighted by Gasteiger charge is -2.09. The molecule has 0 saturated carbocycles. The van der Waals surface area contributed by atoms with Crippen molar-refractivity contribution in [2.75, 3.05) is 12.4 Å². The summed E-state index contributed by atoms with van der Waals surface area (Å²) < 4.78 is 10.3. The highest BCUT2D eigenvalue weighted by atomic mass is 35.5. The monoisotopic (exact) mass is 620 g/mol. The summed E-state index contributed by atoms with van der Waals surface area (Å²) in [6.45, 7) is 1.24. The predicted octanol–water partition coefficient (Wildman–Crippen LogP) is 8.89. The number of ketones is 1. The van der Waals surface area contributed by atoms with E-state index in [1.54, 1.807) is 42.5 Å². The second-order valence-electron chi connectivity index (χ2n) is 7.70. The van der Waals surface area contributed by atoms with E-state index in [1.165, 1.54) is 38.5 Å². The standard InChI is InChI=1S/C26H20Cl4N6O4/c1-15(37)25(36-34-23-10-4-17(28)12-21(23)30)26(38)32-19-7-5-18(6-8-19)31-14-40-24(13-39-2)35-33-22-9-3-16(27)11-20(22)29/h3-14,25H,1-2H3,(H,32,38). The summed E-state index contributed by atoms with van der Waals surface area (Å²) in [6, 6.07) is 14.4. The Morgan fingerprint density at radius 3 is 2.02 bits per heavy atom. The number of nitrogens with one attached hydrogen (secondary N) is 1. The number of hydrogen-bond acceptors (Lipinski definition) is 9. The van der Waals surface area contributed by atoms with Crippen LogP contribution in [0.25, 0.3) is 0 Å². The van der Waals surface area contributed by atoms with Crippen molar-refractivity contribution in [3.05, 3.63) is 92.9 Å². The van der Waals surface area contributed by atoms with Crippen molar-refractivity contribution in [2.45, 2.75) is 13.0 Å². The number of hydrogen-bond donors (Lipinski definition) is 1. The van der Waals surface area contributed by atoms with Gasteiger partial charge in [0.15, 0.2) is 12.2 Å². The second kappa shape index (κ2) is 15.1. The van der Waals surface area contributed by atoms with E-state index in [9.17, 15) is 9.59 Å². The number of aliphatic imine (C=N–C) groups is 1. The third-order valence-corrected chi connectivity index (χ3v) is 5.79. The molecular weight excluding hydrogens is 602 g/mol. The summed E-state index contributed by atoms with van der Waals surface area (Å²) >= 11 is 23.9. The van der Waals surface area contributed by atoms with Crippen molar-refractivity contribution >= 4 is 87.2 Å². The zero-order valence-corrected chi connectivity index (χ0v) is 23.9. The van der Waals surface area contributed by atoms with Gasteiger partial charge >= 0.3 is 0 Å². The molecule has 0 radical (unpaired) electrons. The summed E-state index contributed by atoms with van der Waals surface area (Å²) in [5.74, 6) is -1.16. The average molecular weight is 622 g/mol. The van der Waals surface area contributed by atoms with E-state index in [4.69, 9.17) is 55.9 Å². The van der Waals surface area contributed by atoms with Gasteiger partial charge in [0, 0.05) is 15.7 Å². The third-order valence-electron chi connectivity index (χ3n) is 4.72. The van der Waals surface area contributed by atoms with Gasteiger partial charge in [-0.2, -0.15) is 10.2 Å². The topological polar surface area (TPSA) is 126 Å². The Morgan fingerprint density at radius 1 is 0.875 bits per heavy atom. The van der Waals surface area contributed by atoms with Crippen molar-refractivity contribution in [2.24, 2.45) is 25.4 Å². The van der Waals surface area contributed by atoms with Crippen LogP contribution in [-0.2, 0) is 19.1 Å². The van der Waals surface area contributed by atoms with Gasteiger partial charge in [-0.05, 0) is 67.6 Å². The molecule has 0 fully saturated rings. The molecule has 1 unspecified atom stereocenters. The van der Waals surface area contributed by atoms with Gasteiger partial charge in [-0.15, -0.1) is 10.2 Å². The fourth-order valence-corrected chi connectivity index (χ4v) is 3.72. The minimum absolute atomic E-state index is 0.00507. The van der Waals surface area contributed by atoms with Crippen LogP contribution in [0.3, 0.4) is 0 Å². The number of carbonyl (C=O) groups is 2. The molecule has 0 aliphatic carbocycles. The van der Waals surface area contributed by atoms with Crippen LogP contribution in [-0.4, -0.2) is 31.2 Å². The first-order valence-corrected chi connectivity index (χ1v) is 12.7. The SMILES string of the molecule is COC=C(N=Nc1ccc(Cl)cc1Cl)OC=Nc1ccc(NC(=O)C(N=Nc2ccc(Cl)cc2Cl)C(C)=O)cc1. The lowest BCUT2D eigenvalue weighted by Crippen LogP contribution is -2.31. The van der Waals surface area contributed by atoms with Crippen LogP contribution in [0.5, 0.6) is 0 Å². The number of halogens is 4. The maximum absolute atomic E-state index is 12.7. The minimum Gasteiger partial charge on any atom is -0.499 e. The predicted molar refractivity (Wildman–Crippen MR) is 156 cm³/mol. The number of Topliss-reactive ketones (excluding diaryl/α,β-unsaturated/α-hetero) is 1. The first kappa shape index (κ1) is 30.7. The average Bonchev–Trinajstić information content (AvgIpc) is 2.90. The van der Waals surface area contributed by atoms with E-state index < -0.39 is 17.7 Å². The number of ether oxygens (including phenoxy) is 2. The summed E-state index contributed by atoms with van der Waals surface area (Å²) in [5.41, 5.74) is 1.55. The van der Waals surface area contributed by atoms with Gasteiger partial charge in [0.05, 0.1) is 22.8 Å². The fourth-order valence-electron chi connectivity index (χ4n) is 2.82. The van der Waals surface area contributed by atoms with Crippen LogP contribution in [0.15, 0.2) is 98.3 Å². The van der Waals surface area contributed by atoms with Crippen LogP contribution in [0.2, 0.25) is 20.1 Å². The largest absolute Gasteiger partial charge is 0.499 e. The van der Waals surface area contributed by atoms with Crippen LogP contribution in [0.4, 0.5) is 22.7 Å². The number of carbonyl (C=O) groups excluding carboxylic acids is 2. The van der Waals surface area contributed by atoms with Crippen molar-refractivity contribution in [1.82, 2.24) is 0 Å². The van der Waals surface area contributed by atoms with Gasteiger partial charge in [-0.25, -0.2) is 4.99 Å². The zero-order valence-electron chi connectivity index (χ0n) is 20.9. The van der Waals surface area contributed by atoms with Crippen molar-refractivity contribution in [1.29, 1.82) is 0 Å². The summed E-state index contributed by atoms with van der Waals surface area (Å²) in [5, 5.41) is 19.8. The molecule has 1 N–H and O–H groups in total. The van der Waals surface area contributed by atoms with Crippen LogP contribution in [0.1, 0.15) is 6.92 Å². The van der Waals surface area contributed by atoms with Gasteiger partial charge in [0.25, 0.3) is 11.8 Å². The van der Waals surface area contributed by atoms with Gasteiger partial charge in [-0.1, -0.05) is 46.4 Å². The molecule has 1 atom stereocenters. The quantitative estimate of drug-likeness (QED) is 0.0754. The smallest absolute Gasteiger partial charge is 0.274 e. The van der Waals surface area contributed by atoms with E-state index in [0.29, 0.717) is 32.1 Å². The highest BCUT2D eigenvalue weighted by molar-refractivity contribution is 6.36. The van der Waals surface area contributed by atoms with E-state index in [-0.39, 0.29) is 16.6 Å².